The van der Waals surface area contributed by atoms with Crippen molar-refractivity contribution in [1.82, 2.24) is 14.8 Å². The minimum Gasteiger partial charge on any atom is -0.483 e. The van der Waals surface area contributed by atoms with Crippen LogP contribution in [0.4, 0.5) is 0 Å². The number of rotatable bonds is 6. The van der Waals surface area contributed by atoms with Gasteiger partial charge in [-0.1, -0.05) is 29.4 Å². The Morgan fingerprint density at radius 1 is 1.45 bits per heavy atom. The Bertz CT molecular complexity index is 663. The number of halogens is 1. The topological polar surface area (TPSA) is 66.2 Å². The van der Waals surface area contributed by atoms with E-state index in [-0.39, 0.29) is 17.8 Å². The van der Waals surface area contributed by atoms with E-state index >= 15 is 0 Å². The summed E-state index contributed by atoms with van der Waals surface area (Å²) < 4.78 is 12.2. The third kappa shape index (κ3) is 4.14. The van der Waals surface area contributed by atoms with E-state index in [9.17, 15) is 4.79 Å². The molecule has 0 bridgehead atoms. The molecule has 0 aliphatic carbocycles. The number of thioether (sulfide) groups is 1. The fourth-order valence-corrected chi connectivity index (χ4v) is 2.72. The summed E-state index contributed by atoms with van der Waals surface area (Å²) in [5.41, 5.74) is 0. The quantitative estimate of drug-likeness (QED) is 0.594. The van der Waals surface area contributed by atoms with Crippen LogP contribution in [0.25, 0.3) is 0 Å². The molecule has 1 atom stereocenters. The number of nitrogens with zero attached hydrogens (tertiary/aromatic N) is 3. The molecule has 0 amide bonds. The van der Waals surface area contributed by atoms with Gasteiger partial charge in [-0.25, -0.2) is 0 Å². The molecule has 0 N–H and O–H groups in total. The van der Waals surface area contributed by atoms with Gasteiger partial charge in [-0.15, -0.1) is 10.2 Å². The van der Waals surface area contributed by atoms with Gasteiger partial charge >= 0.3 is 5.97 Å². The standard InChI is InChI=1S/C14H16ClN3O3S/c1-9(21-11-6-4-5-10(15)7-11)13-16-17-14(18(13)2)22-8-12(19)20-3/h4-7,9H,8H2,1-3H3/t9-/m0/s1. The molecule has 0 spiro atoms. The molecule has 0 unspecified atom stereocenters. The number of ether oxygens (including phenoxy) is 2. The first-order valence-corrected chi connectivity index (χ1v) is 7.88. The Morgan fingerprint density at radius 2 is 2.23 bits per heavy atom. The molecule has 0 saturated heterocycles. The van der Waals surface area contributed by atoms with Gasteiger partial charge in [-0.2, -0.15) is 0 Å². The van der Waals surface area contributed by atoms with Gasteiger partial charge in [-0.05, 0) is 25.1 Å². The SMILES string of the molecule is COC(=O)CSc1nnc([C@H](C)Oc2cccc(Cl)c2)n1C. The van der Waals surface area contributed by atoms with Crippen LogP contribution in [0.5, 0.6) is 5.75 Å². The smallest absolute Gasteiger partial charge is 0.316 e. The lowest BCUT2D eigenvalue weighted by molar-refractivity contribution is -0.137. The average Bonchev–Trinajstić information content (AvgIpc) is 2.86. The van der Waals surface area contributed by atoms with Crippen molar-refractivity contribution in [3.63, 3.8) is 0 Å². The maximum absolute atomic E-state index is 11.2. The van der Waals surface area contributed by atoms with Crippen molar-refractivity contribution < 1.29 is 14.3 Å². The molecule has 2 rings (SSSR count). The maximum Gasteiger partial charge on any atom is 0.316 e. The van der Waals surface area contributed by atoms with E-state index in [4.69, 9.17) is 16.3 Å². The highest BCUT2D eigenvalue weighted by Gasteiger charge is 2.18. The zero-order chi connectivity index (χ0) is 16.1. The molecule has 1 aromatic heterocycles. The van der Waals surface area contributed by atoms with Crippen LogP contribution in [0.2, 0.25) is 5.02 Å². The number of benzene rings is 1. The number of carbonyl (C=O) groups is 1. The summed E-state index contributed by atoms with van der Waals surface area (Å²) in [5.74, 6) is 1.20. The predicted octanol–water partition coefficient (Wildman–Crippen LogP) is 2.87. The zero-order valence-corrected chi connectivity index (χ0v) is 14.0. The number of aromatic nitrogens is 3. The lowest BCUT2D eigenvalue weighted by atomic mass is 10.3. The van der Waals surface area contributed by atoms with Crippen LogP contribution < -0.4 is 4.74 Å². The first-order valence-electron chi connectivity index (χ1n) is 6.52. The molecule has 22 heavy (non-hydrogen) atoms. The first kappa shape index (κ1) is 16.6. The van der Waals surface area contributed by atoms with Gasteiger partial charge in [0.2, 0.25) is 0 Å². The highest BCUT2D eigenvalue weighted by atomic mass is 35.5. The first-order chi connectivity index (χ1) is 10.5. The molecule has 1 heterocycles. The van der Waals surface area contributed by atoms with E-state index in [1.54, 1.807) is 16.7 Å². The number of hydrogen-bond acceptors (Lipinski definition) is 6. The van der Waals surface area contributed by atoms with E-state index in [1.807, 2.05) is 26.1 Å². The van der Waals surface area contributed by atoms with Crippen molar-refractivity contribution in [2.24, 2.45) is 7.05 Å². The number of hydrogen-bond donors (Lipinski definition) is 0. The van der Waals surface area contributed by atoms with Crippen molar-refractivity contribution >= 4 is 29.3 Å². The third-order valence-electron chi connectivity index (χ3n) is 2.89. The predicted molar refractivity (Wildman–Crippen MR) is 84.2 cm³/mol. The average molecular weight is 342 g/mol. The third-order valence-corrected chi connectivity index (χ3v) is 4.12. The number of carbonyl (C=O) groups excluding carboxylic acids is 1. The van der Waals surface area contributed by atoms with Crippen molar-refractivity contribution in [2.75, 3.05) is 12.9 Å². The van der Waals surface area contributed by atoms with Crippen LogP contribution in [0, 0.1) is 0 Å². The Balaban J connectivity index is 2.05. The van der Waals surface area contributed by atoms with Crippen LogP contribution >= 0.6 is 23.4 Å². The lowest BCUT2D eigenvalue weighted by Crippen LogP contribution is -2.10. The van der Waals surface area contributed by atoms with Gasteiger partial charge in [0.25, 0.3) is 0 Å². The van der Waals surface area contributed by atoms with Crippen LogP contribution in [-0.4, -0.2) is 33.6 Å². The molecule has 2 aromatic rings. The Labute approximate surface area is 137 Å². The summed E-state index contributed by atoms with van der Waals surface area (Å²) in [7, 11) is 3.18. The van der Waals surface area contributed by atoms with Crippen molar-refractivity contribution in [3.8, 4) is 5.75 Å². The van der Waals surface area contributed by atoms with Crippen LogP contribution in [0.1, 0.15) is 18.9 Å². The second-order valence-corrected chi connectivity index (χ2v) is 5.86. The number of methoxy groups -OCH3 is 1. The number of esters is 1. The minimum atomic E-state index is -0.308. The van der Waals surface area contributed by atoms with E-state index in [1.165, 1.54) is 18.9 Å². The van der Waals surface area contributed by atoms with Crippen LogP contribution in [0.15, 0.2) is 29.4 Å². The Hall–Kier alpha value is -1.73. The summed E-state index contributed by atoms with van der Waals surface area (Å²) in [5, 5.41) is 9.42. The van der Waals surface area contributed by atoms with Gasteiger partial charge in [0.15, 0.2) is 17.1 Å². The fourth-order valence-electron chi connectivity index (χ4n) is 1.79. The molecule has 0 saturated carbocycles. The summed E-state index contributed by atoms with van der Waals surface area (Å²) >= 11 is 7.20. The minimum absolute atomic E-state index is 0.187. The normalized spacial score (nSPS) is 12.0. The molecular formula is C14H16ClN3O3S. The molecule has 6 nitrogen and oxygen atoms in total. The zero-order valence-electron chi connectivity index (χ0n) is 12.4. The molecular weight excluding hydrogens is 326 g/mol. The summed E-state index contributed by atoms with van der Waals surface area (Å²) in [6.07, 6.45) is -0.302. The summed E-state index contributed by atoms with van der Waals surface area (Å²) in [4.78, 5) is 11.2. The molecule has 0 aliphatic heterocycles. The molecule has 118 valence electrons. The highest BCUT2D eigenvalue weighted by molar-refractivity contribution is 7.99. The molecule has 8 heteroatoms. The van der Waals surface area contributed by atoms with Crippen LogP contribution in [-0.2, 0) is 16.6 Å². The van der Waals surface area contributed by atoms with Crippen LogP contribution in [0.3, 0.4) is 0 Å². The monoisotopic (exact) mass is 341 g/mol. The van der Waals surface area contributed by atoms with E-state index in [2.05, 4.69) is 14.9 Å². The van der Waals surface area contributed by atoms with Gasteiger partial charge in [0.05, 0.1) is 12.9 Å². The molecule has 1 aromatic carbocycles. The van der Waals surface area contributed by atoms with Crippen molar-refractivity contribution in [3.05, 3.63) is 35.1 Å². The molecule has 0 fully saturated rings. The van der Waals surface area contributed by atoms with Gasteiger partial charge in [-0.3, -0.25) is 4.79 Å². The van der Waals surface area contributed by atoms with Crippen molar-refractivity contribution in [2.45, 2.75) is 18.2 Å². The maximum atomic E-state index is 11.2. The fraction of sp³-hybridized carbons (Fsp3) is 0.357. The molecule has 0 aliphatic rings. The highest BCUT2D eigenvalue weighted by Crippen LogP contribution is 2.25. The largest absolute Gasteiger partial charge is 0.483 e. The Kier molecular flexibility index (Phi) is 5.68. The Morgan fingerprint density at radius 3 is 2.91 bits per heavy atom. The summed E-state index contributed by atoms with van der Waals surface area (Å²) in [6.45, 7) is 1.87. The molecule has 0 radical (unpaired) electrons. The van der Waals surface area contributed by atoms with E-state index in [0.29, 0.717) is 21.8 Å². The van der Waals surface area contributed by atoms with E-state index in [0.717, 1.165) is 0 Å². The van der Waals surface area contributed by atoms with Gasteiger partial charge in [0, 0.05) is 12.1 Å². The lowest BCUT2D eigenvalue weighted by Gasteiger charge is -2.14. The van der Waals surface area contributed by atoms with Crippen molar-refractivity contribution in [1.29, 1.82) is 0 Å². The van der Waals surface area contributed by atoms with Gasteiger partial charge in [0.1, 0.15) is 5.75 Å². The van der Waals surface area contributed by atoms with Gasteiger partial charge < -0.3 is 14.0 Å². The summed E-state index contributed by atoms with van der Waals surface area (Å²) in [6, 6.07) is 7.16. The second-order valence-electron chi connectivity index (χ2n) is 4.48. The van der Waals surface area contributed by atoms with E-state index < -0.39 is 0 Å². The second kappa shape index (κ2) is 7.51.